The van der Waals surface area contributed by atoms with Crippen LogP contribution in [0.1, 0.15) is 9.75 Å². The van der Waals surface area contributed by atoms with Crippen molar-refractivity contribution in [2.45, 2.75) is 6.42 Å². The van der Waals surface area contributed by atoms with Crippen molar-refractivity contribution in [3.05, 3.63) is 31.9 Å². The van der Waals surface area contributed by atoms with E-state index in [0.29, 0.717) is 5.13 Å². The van der Waals surface area contributed by atoms with E-state index >= 15 is 0 Å². The van der Waals surface area contributed by atoms with Crippen LogP contribution in [0.5, 0.6) is 0 Å². The summed E-state index contributed by atoms with van der Waals surface area (Å²) >= 11 is 6.68. The van der Waals surface area contributed by atoms with Gasteiger partial charge in [0.25, 0.3) is 0 Å². The Balaban J connectivity index is 2.23. The molecule has 5 heteroatoms. The molecule has 0 amide bonds. The fourth-order valence-electron chi connectivity index (χ4n) is 1.03. The van der Waals surface area contributed by atoms with Gasteiger partial charge in [-0.3, -0.25) is 0 Å². The molecule has 0 radical (unpaired) electrons. The van der Waals surface area contributed by atoms with Crippen LogP contribution in [0.15, 0.2) is 22.1 Å². The molecule has 0 fully saturated rings. The zero-order valence-electron chi connectivity index (χ0n) is 6.66. The van der Waals surface area contributed by atoms with Crippen molar-refractivity contribution in [2.24, 2.45) is 0 Å². The molecule has 0 aromatic carbocycles. The Kier molecular flexibility index (Phi) is 2.66. The molecule has 0 atom stereocenters. The number of halogens is 1. The molecule has 2 aromatic heterocycles. The number of thiophene rings is 1. The molecule has 2 heterocycles. The van der Waals surface area contributed by atoms with Gasteiger partial charge in [0.2, 0.25) is 0 Å². The van der Waals surface area contributed by atoms with Crippen molar-refractivity contribution in [1.29, 1.82) is 0 Å². The number of nitrogens with two attached hydrogens (primary N) is 1. The summed E-state index contributed by atoms with van der Waals surface area (Å²) in [4.78, 5) is 6.64. The molecule has 2 aromatic rings. The van der Waals surface area contributed by atoms with Crippen molar-refractivity contribution >= 4 is 43.7 Å². The number of hydrogen-bond acceptors (Lipinski definition) is 4. The highest BCUT2D eigenvalue weighted by atomic mass is 79.9. The third kappa shape index (κ3) is 2.10. The lowest BCUT2D eigenvalue weighted by molar-refractivity contribution is 1.23. The molecular formula is C8H7BrN2S2. The van der Waals surface area contributed by atoms with E-state index in [0.717, 1.165) is 11.0 Å². The van der Waals surface area contributed by atoms with Crippen molar-refractivity contribution < 1.29 is 0 Å². The van der Waals surface area contributed by atoms with E-state index in [1.54, 1.807) is 11.3 Å². The minimum Gasteiger partial charge on any atom is -0.375 e. The monoisotopic (exact) mass is 274 g/mol. The van der Waals surface area contributed by atoms with Gasteiger partial charge in [0.15, 0.2) is 5.13 Å². The van der Waals surface area contributed by atoms with Gasteiger partial charge in [0, 0.05) is 16.2 Å². The fraction of sp³-hybridized carbons (Fsp3) is 0.125. The number of hydrogen-bond donors (Lipinski definition) is 1. The first-order valence-corrected chi connectivity index (χ1v) is 6.17. The van der Waals surface area contributed by atoms with Gasteiger partial charge < -0.3 is 5.73 Å². The number of nitrogen functional groups attached to an aromatic ring is 1. The molecule has 2 nitrogen and oxygen atoms in total. The molecule has 0 aliphatic carbocycles. The Hall–Kier alpha value is -0.390. The van der Waals surface area contributed by atoms with Crippen LogP contribution in [-0.2, 0) is 6.42 Å². The topological polar surface area (TPSA) is 38.9 Å². The van der Waals surface area contributed by atoms with Crippen LogP contribution in [0.3, 0.4) is 0 Å². The molecule has 0 saturated heterocycles. The molecule has 0 aliphatic heterocycles. The summed E-state index contributed by atoms with van der Waals surface area (Å²) < 4.78 is 0.878. The molecule has 0 unspecified atom stereocenters. The summed E-state index contributed by atoms with van der Waals surface area (Å²) in [6, 6.07) is 4.17. The van der Waals surface area contributed by atoms with E-state index in [1.165, 1.54) is 21.1 Å². The lowest BCUT2D eigenvalue weighted by Crippen LogP contribution is -1.80. The molecule has 2 N–H and O–H groups in total. The highest BCUT2D eigenvalue weighted by Crippen LogP contribution is 2.28. The Morgan fingerprint density at radius 3 is 2.92 bits per heavy atom. The molecule has 0 aliphatic rings. The van der Waals surface area contributed by atoms with E-state index in [-0.39, 0.29) is 0 Å². The third-order valence-electron chi connectivity index (χ3n) is 1.58. The van der Waals surface area contributed by atoms with E-state index in [4.69, 9.17) is 5.73 Å². The number of nitrogens with zero attached hydrogens (tertiary/aromatic N) is 1. The SMILES string of the molecule is Nc1nc(Br)c(Cc2cccs2)s1. The molecule has 0 bridgehead atoms. The highest BCUT2D eigenvalue weighted by molar-refractivity contribution is 9.10. The third-order valence-corrected chi connectivity index (χ3v) is 4.26. The number of thiazole rings is 1. The molecule has 0 saturated carbocycles. The van der Waals surface area contributed by atoms with E-state index in [2.05, 4.69) is 38.4 Å². The van der Waals surface area contributed by atoms with Crippen molar-refractivity contribution in [1.82, 2.24) is 4.98 Å². The van der Waals surface area contributed by atoms with Gasteiger partial charge in [-0.05, 0) is 27.4 Å². The largest absolute Gasteiger partial charge is 0.375 e. The smallest absolute Gasteiger partial charge is 0.181 e. The quantitative estimate of drug-likeness (QED) is 0.914. The van der Waals surface area contributed by atoms with Crippen molar-refractivity contribution in [3.63, 3.8) is 0 Å². The van der Waals surface area contributed by atoms with E-state index in [1.807, 2.05) is 0 Å². The summed E-state index contributed by atoms with van der Waals surface area (Å²) in [7, 11) is 0. The first-order chi connectivity index (χ1) is 6.25. The zero-order valence-corrected chi connectivity index (χ0v) is 9.88. The molecular weight excluding hydrogens is 268 g/mol. The van der Waals surface area contributed by atoms with Crippen LogP contribution in [-0.4, -0.2) is 4.98 Å². The maximum absolute atomic E-state index is 5.59. The maximum atomic E-state index is 5.59. The van der Waals surface area contributed by atoms with Gasteiger partial charge in [-0.15, -0.1) is 22.7 Å². The maximum Gasteiger partial charge on any atom is 0.181 e. The highest BCUT2D eigenvalue weighted by Gasteiger charge is 2.07. The number of rotatable bonds is 2. The van der Waals surface area contributed by atoms with Crippen LogP contribution in [0.25, 0.3) is 0 Å². The second-order valence-corrected chi connectivity index (χ2v) is 5.42. The summed E-state index contributed by atoms with van der Waals surface area (Å²) in [5, 5.41) is 2.70. The van der Waals surface area contributed by atoms with E-state index in [9.17, 15) is 0 Å². The van der Waals surface area contributed by atoms with Gasteiger partial charge in [-0.25, -0.2) is 4.98 Å². The molecule has 0 spiro atoms. The fourth-order valence-corrected chi connectivity index (χ4v) is 3.28. The average molecular weight is 275 g/mol. The van der Waals surface area contributed by atoms with Gasteiger partial charge in [0.05, 0.1) is 0 Å². The Morgan fingerprint density at radius 2 is 2.38 bits per heavy atom. The first kappa shape index (κ1) is 9.18. The Morgan fingerprint density at radius 1 is 1.54 bits per heavy atom. The second kappa shape index (κ2) is 3.77. The van der Waals surface area contributed by atoms with Gasteiger partial charge in [-0.2, -0.15) is 0 Å². The van der Waals surface area contributed by atoms with E-state index < -0.39 is 0 Å². The standard InChI is InChI=1S/C8H7BrN2S2/c9-7-6(13-8(10)11-7)4-5-2-1-3-12-5/h1-3H,4H2,(H2,10,11). The molecule has 68 valence electrons. The Bertz CT molecular complexity index is 394. The molecule has 13 heavy (non-hydrogen) atoms. The van der Waals surface area contributed by atoms with Crippen LogP contribution >= 0.6 is 38.6 Å². The van der Waals surface area contributed by atoms with Gasteiger partial charge in [0.1, 0.15) is 4.60 Å². The zero-order chi connectivity index (χ0) is 9.26. The molecule has 2 rings (SSSR count). The van der Waals surface area contributed by atoms with Crippen LogP contribution < -0.4 is 5.73 Å². The van der Waals surface area contributed by atoms with Crippen molar-refractivity contribution in [3.8, 4) is 0 Å². The first-order valence-electron chi connectivity index (χ1n) is 3.69. The number of anilines is 1. The predicted molar refractivity (Wildman–Crippen MR) is 61.4 cm³/mol. The number of aromatic nitrogens is 1. The van der Waals surface area contributed by atoms with Crippen LogP contribution in [0.2, 0.25) is 0 Å². The minimum absolute atomic E-state index is 0.624. The minimum atomic E-state index is 0.624. The lowest BCUT2D eigenvalue weighted by atomic mass is 10.3. The van der Waals surface area contributed by atoms with Crippen LogP contribution in [0.4, 0.5) is 5.13 Å². The van der Waals surface area contributed by atoms with Crippen molar-refractivity contribution in [2.75, 3.05) is 5.73 Å². The van der Waals surface area contributed by atoms with Gasteiger partial charge in [-0.1, -0.05) is 6.07 Å². The average Bonchev–Trinajstić information content (AvgIpc) is 2.63. The summed E-state index contributed by atoms with van der Waals surface area (Å²) in [5.74, 6) is 0. The Labute approximate surface area is 92.6 Å². The summed E-state index contributed by atoms with van der Waals surface area (Å²) in [5.41, 5.74) is 5.59. The van der Waals surface area contributed by atoms with Gasteiger partial charge >= 0.3 is 0 Å². The lowest BCUT2D eigenvalue weighted by Gasteiger charge is -1.92. The summed E-state index contributed by atoms with van der Waals surface area (Å²) in [6.45, 7) is 0. The van der Waals surface area contributed by atoms with Crippen LogP contribution in [0, 0.1) is 0 Å². The second-order valence-electron chi connectivity index (χ2n) is 2.52. The predicted octanol–water partition coefficient (Wildman–Crippen LogP) is 3.14. The normalized spacial score (nSPS) is 10.5. The summed E-state index contributed by atoms with van der Waals surface area (Å²) in [6.07, 6.45) is 0.924.